The molecule has 0 spiro atoms. The van der Waals surface area contributed by atoms with E-state index in [1.165, 1.54) is 17.2 Å². The Balaban J connectivity index is 1.60. The molecule has 0 bridgehead atoms. The van der Waals surface area contributed by atoms with Gasteiger partial charge in [-0.15, -0.1) is 0 Å². The zero-order valence-electron chi connectivity index (χ0n) is 15.9. The van der Waals surface area contributed by atoms with Crippen molar-refractivity contribution in [2.75, 3.05) is 13.1 Å². The lowest BCUT2D eigenvalue weighted by molar-refractivity contribution is -0.0495. The summed E-state index contributed by atoms with van der Waals surface area (Å²) in [7, 11) is 0. The number of rotatable bonds is 4. The van der Waals surface area contributed by atoms with Gasteiger partial charge in [0.2, 0.25) is 0 Å². The number of fused-ring (bicyclic) bond motifs is 1. The summed E-state index contributed by atoms with van der Waals surface area (Å²) in [5, 5.41) is 10.0. The zero-order valence-corrected chi connectivity index (χ0v) is 15.9. The Bertz CT molecular complexity index is 1090. The Kier molecular flexibility index (Phi) is 5.11. The second-order valence-electron chi connectivity index (χ2n) is 7.15. The van der Waals surface area contributed by atoms with E-state index in [2.05, 4.69) is 4.98 Å². The number of hydrogen-bond donors (Lipinski definition) is 1. The predicted molar refractivity (Wildman–Crippen MR) is 104 cm³/mol. The quantitative estimate of drug-likeness (QED) is 0.696. The summed E-state index contributed by atoms with van der Waals surface area (Å²) in [6.07, 6.45) is -0.870. The molecule has 1 saturated heterocycles. The van der Waals surface area contributed by atoms with Crippen LogP contribution < -0.4 is 4.74 Å². The molecule has 30 heavy (non-hydrogen) atoms. The number of nitrogens with zero attached hydrogens (tertiary/aromatic N) is 3. The highest BCUT2D eigenvalue weighted by atomic mass is 19.3. The van der Waals surface area contributed by atoms with Crippen LogP contribution in [0, 0.1) is 0 Å². The fraction of sp³-hybridized carbons (Fsp3) is 0.286. The van der Waals surface area contributed by atoms with Gasteiger partial charge in [0.15, 0.2) is 0 Å². The van der Waals surface area contributed by atoms with Gasteiger partial charge in [0.1, 0.15) is 23.7 Å². The average molecular weight is 415 g/mol. The van der Waals surface area contributed by atoms with Gasteiger partial charge in [0, 0.05) is 31.3 Å². The summed E-state index contributed by atoms with van der Waals surface area (Å²) in [5.41, 5.74) is 0.911. The summed E-state index contributed by atoms with van der Waals surface area (Å²) < 4.78 is 33.3. The maximum Gasteiger partial charge on any atom is 0.417 e. The Labute approximate surface area is 170 Å². The van der Waals surface area contributed by atoms with Gasteiger partial charge in [0.25, 0.3) is 11.8 Å². The van der Waals surface area contributed by atoms with Crippen LogP contribution in [-0.4, -0.2) is 50.6 Å². The third-order valence-electron chi connectivity index (χ3n) is 5.06. The molecule has 1 aliphatic rings. The fourth-order valence-electron chi connectivity index (χ4n) is 3.44. The van der Waals surface area contributed by atoms with Crippen molar-refractivity contribution in [2.24, 2.45) is 0 Å². The second kappa shape index (κ2) is 7.74. The van der Waals surface area contributed by atoms with Crippen LogP contribution in [0.4, 0.5) is 13.6 Å². The third-order valence-corrected chi connectivity index (χ3v) is 5.06. The van der Waals surface area contributed by atoms with Crippen LogP contribution in [0.1, 0.15) is 28.9 Å². The monoisotopic (exact) mass is 415 g/mol. The van der Waals surface area contributed by atoms with Crippen LogP contribution in [0.25, 0.3) is 11.0 Å². The van der Waals surface area contributed by atoms with Gasteiger partial charge in [-0.25, -0.2) is 23.1 Å². The smallest absolute Gasteiger partial charge is 0.417 e. The van der Waals surface area contributed by atoms with Crippen LogP contribution in [-0.2, 0) is 6.61 Å². The minimum atomic E-state index is -2.80. The fourth-order valence-corrected chi connectivity index (χ4v) is 3.44. The van der Waals surface area contributed by atoms with Crippen molar-refractivity contribution in [1.82, 2.24) is 14.5 Å². The lowest BCUT2D eigenvalue weighted by Crippen LogP contribution is -2.43. The number of amides is 1. The van der Waals surface area contributed by atoms with E-state index in [-0.39, 0.29) is 24.4 Å². The van der Waals surface area contributed by atoms with Gasteiger partial charge >= 0.3 is 6.09 Å². The summed E-state index contributed by atoms with van der Waals surface area (Å²) in [6, 6.07) is 12.5. The first-order valence-corrected chi connectivity index (χ1v) is 9.43. The number of benzene rings is 1. The number of alkyl halides is 2. The van der Waals surface area contributed by atoms with Crippen molar-refractivity contribution in [3.63, 3.8) is 0 Å². The highest BCUT2D eigenvalue weighted by Crippen LogP contribution is 2.30. The summed E-state index contributed by atoms with van der Waals surface area (Å²) >= 11 is 0. The molecular formula is C21H19F2N3O4. The molecule has 9 heteroatoms. The molecule has 156 valence electrons. The molecule has 1 amide bonds. The van der Waals surface area contributed by atoms with E-state index in [4.69, 9.17) is 4.74 Å². The number of carbonyl (C=O) groups is 2. The first-order chi connectivity index (χ1) is 14.3. The van der Waals surface area contributed by atoms with Crippen molar-refractivity contribution in [1.29, 1.82) is 0 Å². The minimum Gasteiger partial charge on any atom is -0.487 e. The SMILES string of the molecule is O=C(c1cc2cc(OCc3ccccc3)cnc2n1C(=O)O)N1CCC(F)(F)CC1. The highest BCUT2D eigenvalue weighted by molar-refractivity contribution is 6.02. The number of carbonyl (C=O) groups excluding carboxylic acids is 1. The molecule has 0 unspecified atom stereocenters. The second-order valence-corrected chi connectivity index (χ2v) is 7.15. The molecule has 1 N–H and O–H groups in total. The number of hydrogen-bond acceptors (Lipinski definition) is 4. The van der Waals surface area contributed by atoms with Crippen LogP contribution in [0.5, 0.6) is 5.75 Å². The number of carboxylic acid groups (broad SMARTS) is 1. The van der Waals surface area contributed by atoms with E-state index in [1.807, 2.05) is 30.3 Å². The number of ether oxygens (including phenoxy) is 1. The number of likely N-dealkylation sites (tertiary alicyclic amines) is 1. The van der Waals surface area contributed by atoms with E-state index < -0.39 is 30.8 Å². The largest absolute Gasteiger partial charge is 0.487 e. The van der Waals surface area contributed by atoms with Gasteiger partial charge < -0.3 is 14.7 Å². The molecule has 2 aromatic heterocycles. The van der Waals surface area contributed by atoms with Crippen molar-refractivity contribution >= 4 is 23.0 Å². The van der Waals surface area contributed by atoms with E-state index in [9.17, 15) is 23.5 Å². The lowest BCUT2D eigenvalue weighted by Gasteiger charge is -2.31. The summed E-state index contributed by atoms with van der Waals surface area (Å²) in [5.74, 6) is -2.99. The molecule has 0 atom stereocenters. The zero-order chi connectivity index (χ0) is 21.3. The molecule has 4 rings (SSSR count). The summed E-state index contributed by atoms with van der Waals surface area (Å²) in [4.78, 5) is 30.0. The number of halogens is 2. The van der Waals surface area contributed by atoms with E-state index in [1.54, 1.807) is 6.07 Å². The number of aromatic nitrogens is 2. The van der Waals surface area contributed by atoms with Crippen LogP contribution in [0.3, 0.4) is 0 Å². The van der Waals surface area contributed by atoms with Gasteiger partial charge in [-0.1, -0.05) is 30.3 Å². The van der Waals surface area contributed by atoms with Crippen LogP contribution in [0.2, 0.25) is 0 Å². The third kappa shape index (κ3) is 3.96. The van der Waals surface area contributed by atoms with Crippen molar-refractivity contribution in [2.45, 2.75) is 25.4 Å². The Morgan fingerprint density at radius 1 is 1.13 bits per heavy atom. The van der Waals surface area contributed by atoms with Crippen LogP contribution in [0.15, 0.2) is 48.7 Å². The van der Waals surface area contributed by atoms with Crippen molar-refractivity contribution < 1.29 is 28.2 Å². The number of pyridine rings is 1. The molecule has 3 heterocycles. The average Bonchev–Trinajstić information content (AvgIpc) is 3.11. The highest BCUT2D eigenvalue weighted by Gasteiger charge is 2.37. The predicted octanol–water partition coefficient (Wildman–Crippen LogP) is 4.01. The number of piperidine rings is 1. The maximum atomic E-state index is 13.4. The Hall–Kier alpha value is -3.49. The first-order valence-electron chi connectivity index (χ1n) is 9.43. The Morgan fingerprint density at radius 2 is 1.83 bits per heavy atom. The molecule has 0 aliphatic carbocycles. The Morgan fingerprint density at radius 3 is 2.50 bits per heavy atom. The molecule has 3 aromatic rings. The topological polar surface area (TPSA) is 84.7 Å². The van der Waals surface area contributed by atoms with E-state index in [0.717, 1.165) is 10.1 Å². The van der Waals surface area contributed by atoms with Crippen LogP contribution >= 0.6 is 0 Å². The maximum absolute atomic E-state index is 13.4. The molecule has 1 fully saturated rings. The van der Waals surface area contributed by atoms with E-state index in [0.29, 0.717) is 17.7 Å². The minimum absolute atomic E-state index is 0.0836. The normalized spacial score (nSPS) is 15.9. The van der Waals surface area contributed by atoms with E-state index >= 15 is 0 Å². The summed E-state index contributed by atoms with van der Waals surface area (Å²) in [6.45, 7) is 0.0408. The molecule has 0 saturated carbocycles. The molecular weight excluding hydrogens is 396 g/mol. The standard InChI is InChI=1S/C21H19F2N3O4/c22-21(23)6-8-25(9-7-21)19(27)17-11-15-10-16(12-24-18(15)26(17)20(28)29)30-13-14-4-2-1-3-5-14/h1-5,10-12H,6-9,13H2,(H,28,29). The van der Waals surface area contributed by atoms with Crippen molar-refractivity contribution in [3.05, 3.63) is 59.9 Å². The molecule has 0 radical (unpaired) electrons. The van der Waals surface area contributed by atoms with Gasteiger partial charge in [-0.2, -0.15) is 0 Å². The van der Waals surface area contributed by atoms with Crippen molar-refractivity contribution in [3.8, 4) is 5.75 Å². The molecule has 7 nitrogen and oxygen atoms in total. The van der Waals surface area contributed by atoms with Gasteiger partial charge in [-0.05, 0) is 17.7 Å². The van der Waals surface area contributed by atoms with Gasteiger partial charge in [0.05, 0.1) is 6.20 Å². The lowest BCUT2D eigenvalue weighted by atomic mass is 10.1. The first kappa shape index (κ1) is 19.8. The van der Waals surface area contributed by atoms with Gasteiger partial charge in [-0.3, -0.25) is 4.79 Å². The molecule has 1 aromatic carbocycles. The molecule has 1 aliphatic heterocycles.